The monoisotopic (exact) mass is 246 g/mol. The number of carboxylic acid groups (broad SMARTS) is 1. The van der Waals surface area contributed by atoms with E-state index in [1.807, 2.05) is 6.07 Å². The van der Waals surface area contributed by atoms with E-state index in [0.29, 0.717) is 29.8 Å². The summed E-state index contributed by atoms with van der Waals surface area (Å²) in [6.45, 7) is 2.41. The minimum atomic E-state index is -1.12. The second kappa shape index (κ2) is 3.86. The highest BCUT2D eigenvalue weighted by atomic mass is 16.5. The highest BCUT2D eigenvalue weighted by molar-refractivity contribution is 6.56. The van der Waals surface area contributed by atoms with E-state index < -0.39 is 13.1 Å². The molecule has 0 amide bonds. The molecule has 5 nitrogen and oxygen atoms in total. The summed E-state index contributed by atoms with van der Waals surface area (Å²) in [5, 5.41) is 19.1. The summed E-state index contributed by atoms with van der Waals surface area (Å²) in [6.07, 6.45) is 0. The zero-order valence-corrected chi connectivity index (χ0v) is 9.77. The van der Waals surface area contributed by atoms with Crippen molar-refractivity contribution in [3.63, 3.8) is 0 Å². The maximum atomic E-state index is 11.3. The fourth-order valence-electron chi connectivity index (χ4n) is 2.40. The van der Waals surface area contributed by atoms with Gasteiger partial charge >= 0.3 is 13.1 Å². The Morgan fingerprint density at radius 2 is 2.17 bits per heavy atom. The number of aryl methyl sites for hydroxylation is 1. The minimum absolute atomic E-state index is 0.102. The maximum Gasteiger partial charge on any atom is 0.558 e. The van der Waals surface area contributed by atoms with Crippen LogP contribution in [-0.2, 0) is 4.74 Å². The molecular weight excluding hydrogens is 235 g/mol. The van der Waals surface area contributed by atoms with Gasteiger partial charge in [0.1, 0.15) is 11.3 Å². The van der Waals surface area contributed by atoms with Gasteiger partial charge in [-0.3, -0.25) is 0 Å². The van der Waals surface area contributed by atoms with Crippen LogP contribution in [0, 0.1) is 6.92 Å². The molecule has 0 aromatic heterocycles. The van der Waals surface area contributed by atoms with E-state index in [0.717, 1.165) is 5.57 Å². The largest absolute Gasteiger partial charge is 0.558 e. The molecule has 92 valence electrons. The molecule has 0 atom stereocenters. The summed E-state index contributed by atoms with van der Waals surface area (Å²) in [5.74, 6) is -0.821. The van der Waals surface area contributed by atoms with Gasteiger partial charge in [-0.2, -0.15) is 0 Å². The number of carbonyl (C=O) groups is 1. The number of ether oxygens (including phenoxy) is 1. The van der Waals surface area contributed by atoms with Crippen molar-refractivity contribution in [3.05, 3.63) is 34.3 Å². The lowest BCUT2D eigenvalue weighted by molar-refractivity contribution is 0.0694. The molecule has 2 aliphatic heterocycles. The zero-order chi connectivity index (χ0) is 12.9. The third-order valence-corrected chi connectivity index (χ3v) is 3.32. The minimum Gasteiger partial charge on any atom is -0.531 e. The summed E-state index contributed by atoms with van der Waals surface area (Å²) in [6, 6.07) is 3.55. The molecule has 0 saturated carbocycles. The van der Waals surface area contributed by atoms with E-state index in [2.05, 4.69) is 0 Å². The van der Waals surface area contributed by atoms with Crippen LogP contribution in [0.4, 0.5) is 0 Å². The smallest absolute Gasteiger partial charge is 0.531 e. The van der Waals surface area contributed by atoms with Gasteiger partial charge in [-0.1, -0.05) is 12.1 Å². The van der Waals surface area contributed by atoms with Crippen LogP contribution < -0.4 is 4.65 Å². The highest BCUT2D eigenvalue weighted by Crippen LogP contribution is 2.40. The summed E-state index contributed by atoms with van der Waals surface area (Å²) >= 11 is 0. The fourth-order valence-corrected chi connectivity index (χ4v) is 2.40. The first-order chi connectivity index (χ1) is 8.59. The molecule has 6 heteroatoms. The van der Waals surface area contributed by atoms with Crippen LogP contribution in [0.2, 0.25) is 0 Å². The van der Waals surface area contributed by atoms with Gasteiger partial charge in [-0.25, -0.2) is 4.79 Å². The zero-order valence-electron chi connectivity index (χ0n) is 9.77. The van der Waals surface area contributed by atoms with Crippen molar-refractivity contribution in [2.75, 3.05) is 13.2 Å². The van der Waals surface area contributed by atoms with E-state index in [4.69, 9.17) is 9.39 Å². The van der Waals surface area contributed by atoms with Crippen molar-refractivity contribution in [1.29, 1.82) is 0 Å². The lowest BCUT2D eigenvalue weighted by Gasteiger charge is -2.23. The lowest BCUT2D eigenvalue weighted by atomic mass is 9.72. The van der Waals surface area contributed by atoms with Crippen molar-refractivity contribution in [2.45, 2.75) is 6.92 Å². The Kier molecular flexibility index (Phi) is 2.43. The highest BCUT2D eigenvalue weighted by Gasteiger charge is 2.38. The van der Waals surface area contributed by atoms with Gasteiger partial charge in [-0.15, -0.1) is 0 Å². The average molecular weight is 246 g/mol. The molecular formula is C12H11BO5. The van der Waals surface area contributed by atoms with E-state index in [-0.39, 0.29) is 11.3 Å². The van der Waals surface area contributed by atoms with Crippen LogP contribution in [-0.4, -0.2) is 36.4 Å². The van der Waals surface area contributed by atoms with Crippen LogP contribution in [0.1, 0.15) is 21.5 Å². The van der Waals surface area contributed by atoms with Gasteiger partial charge in [0, 0.05) is 11.0 Å². The van der Waals surface area contributed by atoms with Crippen LogP contribution in [0.25, 0.3) is 5.57 Å². The number of aromatic carboxylic acids is 1. The molecule has 0 aliphatic carbocycles. The number of fused-ring (bicyclic) bond motifs is 2. The van der Waals surface area contributed by atoms with Crippen LogP contribution >= 0.6 is 0 Å². The van der Waals surface area contributed by atoms with Gasteiger partial charge in [0.05, 0.1) is 13.2 Å². The third-order valence-electron chi connectivity index (χ3n) is 3.32. The van der Waals surface area contributed by atoms with Crippen molar-refractivity contribution in [1.82, 2.24) is 0 Å². The van der Waals surface area contributed by atoms with E-state index in [9.17, 15) is 14.9 Å². The van der Waals surface area contributed by atoms with Gasteiger partial charge in [0.25, 0.3) is 0 Å². The predicted octanol–water partition coefficient (Wildman–Crippen LogP) is 0.889. The first kappa shape index (κ1) is 11.3. The molecule has 0 unspecified atom stereocenters. The molecule has 2 aliphatic rings. The molecule has 1 aromatic rings. The van der Waals surface area contributed by atoms with Gasteiger partial charge < -0.3 is 19.5 Å². The first-order valence-electron chi connectivity index (χ1n) is 5.61. The quantitative estimate of drug-likeness (QED) is 0.719. The lowest BCUT2D eigenvalue weighted by Crippen LogP contribution is -2.31. The topological polar surface area (TPSA) is 76.0 Å². The summed E-state index contributed by atoms with van der Waals surface area (Å²) in [7, 11) is -1.12. The van der Waals surface area contributed by atoms with Gasteiger partial charge in [0.2, 0.25) is 0 Å². The normalized spacial score (nSPS) is 17.3. The number of benzene rings is 1. The fraction of sp³-hybridized carbons (Fsp3) is 0.250. The molecule has 2 heterocycles. The molecule has 0 bridgehead atoms. The van der Waals surface area contributed by atoms with Crippen LogP contribution in [0.5, 0.6) is 5.75 Å². The Labute approximate surface area is 104 Å². The molecule has 0 spiro atoms. The summed E-state index contributed by atoms with van der Waals surface area (Å²) in [4.78, 5) is 11.3. The number of hydrogen-bond acceptors (Lipinski definition) is 4. The first-order valence-corrected chi connectivity index (χ1v) is 5.61. The van der Waals surface area contributed by atoms with Crippen molar-refractivity contribution in [3.8, 4) is 5.75 Å². The number of carboxylic acids is 1. The third kappa shape index (κ3) is 1.46. The summed E-state index contributed by atoms with van der Waals surface area (Å²) < 4.78 is 10.6. The average Bonchev–Trinajstić information content (AvgIpc) is 2.77. The Balaban J connectivity index is 2.26. The Morgan fingerprint density at radius 3 is 2.89 bits per heavy atom. The predicted molar refractivity (Wildman–Crippen MR) is 64.5 cm³/mol. The van der Waals surface area contributed by atoms with E-state index in [1.165, 1.54) is 0 Å². The van der Waals surface area contributed by atoms with Crippen LogP contribution in [0.15, 0.2) is 17.6 Å². The van der Waals surface area contributed by atoms with Crippen molar-refractivity contribution < 1.29 is 24.3 Å². The summed E-state index contributed by atoms with van der Waals surface area (Å²) in [5.41, 5.74) is 2.94. The molecule has 0 radical (unpaired) electrons. The van der Waals surface area contributed by atoms with Crippen molar-refractivity contribution in [2.24, 2.45) is 0 Å². The van der Waals surface area contributed by atoms with Crippen LogP contribution in [0.3, 0.4) is 0 Å². The standard InChI is InChI=1S/C12H11BO5/c1-6-2-3-7-8-4-17-5-9(8)13(16)18-11(7)10(6)12(14)15/h2-3,16H,4-5H2,1H3,(H,14,15). The molecule has 0 saturated heterocycles. The molecule has 3 rings (SSSR count). The molecule has 0 fully saturated rings. The van der Waals surface area contributed by atoms with Gasteiger partial charge in [-0.05, 0) is 18.1 Å². The number of rotatable bonds is 1. The number of hydrogen-bond donors (Lipinski definition) is 2. The molecule has 18 heavy (non-hydrogen) atoms. The SMILES string of the molecule is Cc1ccc2c(c1C(=O)O)OB(O)C1=C2COC1. The maximum absolute atomic E-state index is 11.3. The molecule has 2 N–H and O–H groups in total. The van der Waals surface area contributed by atoms with Crippen molar-refractivity contribution >= 4 is 18.7 Å². The van der Waals surface area contributed by atoms with E-state index in [1.54, 1.807) is 13.0 Å². The Morgan fingerprint density at radius 1 is 1.39 bits per heavy atom. The van der Waals surface area contributed by atoms with E-state index >= 15 is 0 Å². The Hall–Kier alpha value is -1.79. The second-order valence-electron chi connectivity index (χ2n) is 4.41. The second-order valence-corrected chi connectivity index (χ2v) is 4.41. The Bertz CT molecular complexity index is 578. The molecule has 1 aromatic carbocycles. The van der Waals surface area contributed by atoms with Gasteiger partial charge in [0.15, 0.2) is 0 Å².